The predicted molar refractivity (Wildman–Crippen MR) is 113 cm³/mol. The zero-order chi connectivity index (χ0) is 21.3. The van der Waals surface area contributed by atoms with Crippen LogP contribution in [0.15, 0.2) is 30.5 Å². The molecule has 0 spiro atoms. The van der Waals surface area contributed by atoms with Gasteiger partial charge in [0.15, 0.2) is 0 Å². The Bertz CT molecular complexity index is 1050. The number of nitrogens with zero attached hydrogens (tertiary/aromatic N) is 4. The van der Waals surface area contributed by atoms with E-state index in [1.54, 1.807) is 12.3 Å². The molecule has 1 saturated heterocycles. The van der Waals surface area contributed by atoms with Gasteiger partial charge in [-0.25, -0.2) is 9.37 Å². The molecule has 158 valence electrons. The first kappa shape index (κ1) is 20.3. The first-order chi connectivity index (χ1) is 14.4. The van der Waals surface area contributed by atoms with E-state index in [1.807, 2.05) is 36.5 Å². The van der Waals surface area contributed by atoms with E-state index in [0.29, 0.717) is 12.8 Å². The standard InChI is InChI=1S/C23H28FN5O/c1-15-19(16(2)28(3)27-15)10-11-22(30)29-12-5-4-9-21(29)23-25-14-20(26-23)17-7-6-8-18(24)13-17/h6-8,13-14,21H,4-5,9-12H2,1-3H3,(H,25,26). The van der Waals surface area contributed by atoms with Gasteiger partial charge in [-0.2, -0.15) is 5.10 Å². The molecule has 1 unspecified atom stereocenters. The van der Waals surface area contributed by atoms with Gasteiger partial charge in [0.25, 0.3) is 0 Å². The molecule has 3 heterocycles. The maximum absolute atomic E-state index is 13.6. The predicted octanol–water partition coefficient (Wildman–Crippen LogP) is 4.25. The number of aromatic nitrogens is 4. The normalized spacial score (nSPS) is 16.8. The molecule has 2 aromatic heterocycles. The number of benzene rings is 1. The molecule has 0 bridgehead atoms. The third-order valence-electron chi connectivity index (χ3n) is 6.12. The number of carbonyl (C=O) groups excluding carboxylic acids is 1. The average molecular weight is 410 g/mol. The first-order valence-electron chi connectivity index (χ1n) is 10.5. The molecular weight excluding hydrogens is 381 g/mol. The summed E-state index contributed by atoms with van der Waals surface area (Å²) in [5, 5.41) is 4.45. The molecule has 0 radical (unpaired) electrons. The molecule has 1 fully saturated rings. The minimum absolute atomic E-state index is 0.0651. The van der Waals surface area contributed by atoms with Crippen molar-refractivity contribution in [2.24, 2.45) is 7.05 Å². The van der Waals surface area contributed by atoms with Crippen molar-refractivity contribution in [2.75, 3.05) is 6.54 Å². The highest BCUT2D eigenvalue weighted by Gasteiger charge is 2.30. The van der Waals surface area contributed by atoms with Gasteiger partial charge in [0.05, 0.1) is 23.6 Å². The summed E-state index contributed by atoms with van der Waals surface area (Å²) in [7, 11) is 1.93. The third kappa shape index (κ3) is 4.01. The van der Waals surface area contributed by atoms with Crippen LogP contribution >= 0.6 is 0 Å². The van der Waals surface area contributed by atoms with E-state index in [9.17, 15) is 9.18 Å². The number of likely N-dealkylation sites (tertiary alicyclic amines) is 1. The molecule has 6 nitrogen and oxygen atoms in total. The Labute approximate surface area is 176 Å². The summed E-state index contributed by atoms with van der Waals surface area (Å²) >= 11 is 0. The van der Waals surface area contributed by atoms with E-state index in [2.05, 4.69) is 15.1 Å². The van der Waals surface area contributed by atoms with Crippen LogP contribution in [0.5, 0.6) is 0 Å². The molecular formula is C23H28FN5O. The highest BCUT2D eigenvalue weighted by molar-refractivity contribution is 5.77. The number of rotatable bonds is 5. The SMILES string of the molecule is Cc1nn(C)c(C)c1CCC(=O)N1CCCCC1c1ncc(-c2cccc(F)c2)[nH]1. The monoisotopic (exact) mass is 409 g/mol. The summed E-state index contributed by atoms with van der Waals surface area (Å²) in [5.41, 5.74) is 4.78. The molecule has 7 heteroatoms. The Hall–Kier alpha value is -2.96. The Morgan fingerprint density at radius 3 is 2.87 bits per heavy atom. The molecule has 3 aromatic rings. The number of carbonyl (C=O) groups is 1. The zero-order valence-electron chi connectivity index (χ0n) is 17.8. The molecule has 1 amide bonds. The number of aromatic amines is 1. The summed E-state index contributed by atoms with van der Waals surface area (Å²) in [4.78, 5) is 22.9. The number of hydrogen-bond acceptors (Lipinski definition) is 3. The van der Waals surface area contributed by atoms with Gasteiger partial charge in [0.1, 0.15) is 11.6 Å². The van der Waals surface area contributed by atoms with Crippen LogP contribution in [0, 0.1) is 19.7 Å². The first-order valence-corrected chi connectivity index (χ1v) is 10.5. The number of hydrogen-bond donors (Lipinski definition) is 1. The van der Waals surface area contributed by atoms with Gasteiger partial charge in [-0.15, -0.1) is 0 Å². The van der Waals surface area contributed by atoms with Crippen LogP contribution < -0.4 is 0 Å². The lowest BCUT2D eigenvalue weighted by Crippen LogP contribution is -2.39. The third-order valence-corrected chi connectivity index (χ3v) is 6.12. The number of nitrogens with one attached hydrogen (secondary N) is 1. The Morgan fingerprint density at radius 1 is 1.30 bits per heavy atom. The van der Waals surface area contributed by atoms with Crippen molar-refractivity contribution in [3.8, 4) is 11.3 Å². The second-order valence-corrected chi connectivity index (χ2v) is 8.06. The number of piperidine rings is 1. The van der Waals surface area contributed by atoms with Gasteiger partial charge in [-0.3, -0.25) is 9.48 Å². The Balaban J connectivity index is 1.50. The van der Waals surface area contributed by atoms with Gasteiger partial charge in [-0.05, 0) is 57.2 Å². The van der Waals surface area contributed by atoms with E-state index < -0.39 is 0 Å². The molecule has 0 saturated carbocycles. The van der Waals surface area contributed by atoms with Crippen molar-refractivity contribution in [1.82, 2.24) is 24.6 Å². The van der Waals surface area contributed by atoms with Crippen LogP contribution in [0.1, 0.15) is 54.5 Å². The molecule has 4 rings (SSSR count). The molecule has 1 aromatic carbocycles. The number of H-pyrrole nitrogens is 1. The van der Waals surface area contributed by atoms with Crippen LogP contribution in [-0.2, 0) is 18.3 Å². The minimum Gasteiger partial charge on any atom is -0.340 e. The van der Waals surface area contributed by atoms with Crippen LogP contribution in [0.3, 0.4) is 0 Å². The summed E-state index contributed by atoms with van der Waals surface area (Å²) in [6, 6.07) is 6.38. The quantitative estimate of drug-likeness (QED) is 0.685. The molecule has 1 aliphatic rings. The lowest BCUT2D eigenvalue weighted by molar-refractivity contribution is -0.135. The summed E-state index contributed by atoms with van der Waals surface area (Å²) in [6.45, 7) is 4.78. The molecule has 30 heavy (non-hydrogen) atoms. The van der Waals surface area contributed by atoms with Gasteiger partial charge in [0, 0.05) is 31.3 Å². The Kier molecular flexibility index (Phi) is 5.70. The van der Waals surface area contributed by atoms with E-state index in [0.717, 1.165) is 59.8 Å². The second-order valence-electron chi connectivity index (χ2n) is 8.06. The topological polar surface area (TPSA) is 66.8 Å². The van der Waals surface area contributed by atoms with E-state index >= 15 is 0 Å². The second kappa shape index (κ2) is 8.42. The van der Waals surface area contributed by atoms with Crippen LogP contribution in [-0.4, -0.2) is 37.1 Å². The number of halogens is 1. The van der Waals surface area contributed by atoms with Crippen LogP contribution in [0.25, 0.3) is 11.3 Å². The van der Waals surface area contributed by atoms with Crippen molar-refractivity contribution in [2.45, 2.75) is 52.0 Å². The zero-order valence-corrected chi connectivity index (χ0v) is 17.8. The van der Waals surface area contributed by atoms with E-state index in [4.69, 9.17) is 0 Å². The van der Waals surface area contributed by atoms with Crippen LogP contribution in [0.4, 0.5) is 4.39 Å². The lowest BCUT2D eigenvalue weighted by atomic mass is 10.00. The van der Waals surface area contributed by atoms with Crippen molar-refractivity contribution in [3.05, 3.63) is 59.1 Å². The minimum atomic E-state index is -0.279. The van der Waals surface area contributed by atoms with Gasteiger partial charge in [0.2, 0.25) is 5.91 Å². The fourth-order valence-corrected chi connectivity index (χ4v) is 4.38. The van der Waals surface area contributed by atoms with E-state index in [1.165, 1.54) is 12.1 Å². The number of aryl methyl sites for hydroxylation is 2. The molecule has 1 aliphatic heterocycles. The summed E-state index contributed by atoms with van der Waals surface area (Å²) < 4.78 is 15.4. The maximum Gasteiger partial charge on any atom is 0.223 e. The molecule has 1 N–H and O–H groups in total. The average Bonchev–Trinajstić information content (AvgIpc) is 3.32. The Morgan fingerprint density at radius 2 is 2.13 bits per heavy atom. The van der Waals surface area contributed by atoms with E-state index in [-0.39, 0.29) is 17.8 Å². The van der Waals surface area contributed by atoms with Gasteiger partial charge < -0.3 is 9.88 Å². The van der Waals surface area contributed by atoms with Crippen molar-refractivity contribution in [1.29, 1.82) is 0 Å². The highest BCUT2D eigenvalue weighted by atomic mass is 19.1. The highest BCUT2D eigenvalue weighted by Crippen LogP contribution is 2.31. The fraction of sp³-hybridized carbons (Fsp3) is 0.435. The van der Waals surface area contributed by atoms with Crippen molar-refractivity contribution >= 4 is 5.91 Å². The molecule has 1 atom stereocenters. The summed E-state index contributed by atoms with van der Waals surface area (Å²) in [6.07, 6.45) is 5.83. The fourth-order valence-electron chi connectivity index (χ4n) is 4.38. The lowest BCUT2D eigenvalue weighted by Gasteiger charge is -2.34. The van der Waals surface area contributed by atoms with Gasteiger partial charge in [-0.1, -0.05) is 12.1 Å². The number of imidazole rings is 1. The van der Waals surface area contributed by atoms with Crippen molar-refractivity contribution < 1.29 is 9.18 Å². The summed E-state index contributed by atoms with van der Waals surface area (Å²) in [5.74, 6) is 0.640. The maximum atomic E-state index is 13.6. The smallest absolute Gasteiger partial charge is 0.223 e. The molecule has 0 aliphatic carbocycles. The van der Waals surface area contributed by atoms with Crippen LogP contribution in [0.2, 0.25) is 0 Å². The van der Waals surface area contributed by atoms with Gasteiger partial charge >= 0.3 is 0 Å². The largest absolute Gasteiger partial charge is 0.340 e. The number of amides is 1. The van der Waals surface area contributed by atoms with Crippen molar-refractivity contribution in [3.63, 3.8) is 0 Å².